The highest BCUT2D eigenvalue weighted by Crippen LogP contribution is 2.22. The first-order valence-electron chi connectivity index (χ1n) is 8.78. The average molecular weight is 389 g/mol. The molecule has 0 saturated carbocycles. The number of pyridine rings is 1. The zero-order valence-electron chi connectivity index (χ0n) is 14.9. The molecule has 138 valence electrons. The molecule has 0 aliphatic heterocycles. The number of carbonyl (C=O) groups excluding carboxylic acids is 1. The molecule has 4 aromatic rings. The maximum atomic E-state index is 13.3. The number of para-hydroxylation sites is 1. The lowest BCUT2D eigenvalue weighted by molar-refractivity contribution is 0.0985. The fourth-order valence-electron chi connectivity index (χ4n) is 2.87. The molecule has 0 atom stereocenters. The van der Waals surface area contributed by atoms with Crippen LogP contribution >= 0.6 is 11.6 Å². The predicted octanol–water partition coefficient (Wildman–Crippen LogP) is 4.77. The van der Waals surface area contributed by atoms with Crippen LogP contribution in [0.4, 0.5) is 5.69 Å². The molecule has 0 aliphatic rings. The van der Waals surface area contributed by atoms with Crippen LogP contribution in [0.2, 0.25) is 5.02 Å². The highest BCUT2D eigenvalue weighted by molar-refractivity contribution is 6.30. The summed E-state index contributed by atoms with van der Waals surface area (Å²) in [6, 6.07) is 22.5. The minimum absolute atomic E-state index is 0.157. The van der Waals surface area contributed by atoms with Crippen molar-refractivity contribution in [1.29, 1.82) is 0 Å². The predicted molar refractivity (Wildman–Crippen MR) is 110 cm³/mol. The number of hydrogen-bond acceptors (Lipinski definition) is 3. The van der Waals surface area contributed by atoms with Crippen LogP contribution < -0.4 is 4.90 Å². The summed E-state index contributed by atoms with van der Waals surface area (Å²) in [5, 5.41) is 4.95. The van der Waals surface area contributed by atoms with E-state index in [9.17, 15) is 4.79 Å². The first kappa shape index (κ1) is 17.9. The van der Waals surface area contributed by atoms with Crippen LogP contribution in [0.15, 0.2) is 91.4 Å². The van der Waals surface area contributed by atoms with Crippen molar-refractivity contribution in [3.63, 3.8) is 0 Å². The molecular weight excluding hydrogens is 372 g/mol. The summed E-state index contributed by atoms with van der Waals surface area (Å²) in [5.41, 5.74) is 2.92. The molecular formula is C22H17ClN4O. The molecule has 0 N–H and O–H groups in total. The van der Waals surface area contributed by atoms with Gasteiger partial charge in [0.25, 0.3) is 5.91 Å². The van der Waals surface area contributed by atoms with Gasteiger partial charge in [0.05, 0.1) is 29.7 Å². The average Bonchev–Trinajstić information content (AvgIpc) is 3.24. The fraction of sp³-hybridized carbons (Fsp3) is 0.0455. The molecule has 2 aromatic heterocycles. The van der Waals surface area contributed by atoms with E-state index in [4.69, 9.17) is 11.6 Å². The number of benzene rings is 2. The number of amides is 1. The van der Waals surface area contributed by atoms with Crippen molar-refractivity contribution in [1.82, 2.24) is 14.8 Å². The van der Waals surface area contributed by atoms with Crippen LogP contribution in [-0.2, 0) is 6.54 Å². The minimum atomic E-state index is -0.157. The highest BCUT2D eigenvalue weighted by Gasteiger charge is 2.20. The molecule has 4 rings (SSSR count). The number of nitrogens with zero attached hydrogens (tertiary/aromatic N) is 4. The molecule has 2 aromatic carbocycles. The molecule has 0 unspecified atom stereocenters. The standard InChI is InChI=1S/C22H17ClN4O/c23-18-9-11-20(12-10-18)26(16-19-6-4-5-13-24-19)22(28)17-14-25-27(15-17)21-7-2-1-3-8-21/h1-15H,16H2. The van der Waals surface area contributed by atoms with Gasteiger partial charge >= 0.3 is 0 Å². The van der Waals surface area contributed by atoms with E-state index in [0.29, 0.717) is 17.1 Å². The van der Waals surface area contributed by atoms with Gasteiger partial charge in [0, 0.05) is 23.1 Å². The van der Waals surface area contributed by atoms with Crippen molar-refractivity contribution >= 4 is 23.2 Å². The van der Waals surface area contributed by atoms with Gasteiger partial charge in [-0.15, -0.1) is 0 Å². The van der Waals surface area contributed by atoms with Crippen LogP contribution in [0.5, 0.6) is 0 Å². The summed E-state index contributed by atoms with van der Waals surface area (Å²) in [5.74, 6) is -0.157. The molecule has 0 spiro atoms. The Morgan fingerprint density at radius 2 is 1.71 bits per heavy atom. The first-order chi connectivity index (χ1) is 13.7. The molecule has 28 heavy (non-hydrogen) atoms. The fourth-order valence-corrected chi connectivity index (χ4v) is 2.99. The lowest BCUT2D eigenvalue weighted by Gasteiger charge is -2.22. The quantitative estimate of drug-likeness (QED) is 0.495. The topological polar surface area (TPSA) is 51.0 Å². The van der Waals surface area contributed by atoms with E-state index >= 15 is 0 Å². The van der Waals surface area contributed by atoms with E-state index in [-0.39, 0.29) is 5.91 Å². The third-order valence-corrected chi connectivity index (χ3v) is 4.53. The molecule has 0 fully saturated rings. The second kappa shape index (κ2) is 8.06. The minimum Gasteiger partial charge on any atom is -0.302 e. The van der Waals surface area contributed by atoms with Crippen LogP contribution in [0.1, 0.15) is 16.1 Å². The number of hydrogen-bond donors (Lipinski definition) is 0. The van der Waals surface area contributed by atoms with E-state index in [0.717, 1.165) is 17.1 Å². The van der Waals surface area contributed by atoms with Gasteiger partial charge in [0.1, 0.15) is 0 Å². The summed E-state index contributed by atoms with van der Waals surface area (Å²) in [6.45, 7) is 0.345. The molecule has 5 nitrogen and oxygen atoms in total. The van der Waals surface area contributed by atoms with Gasteiger partial charge in [-0.05, 0) is 48.5 Å². The Morgan fingerprint density at radius 1 is 0.964 bits per heavy atom. The molecule has 0 bridgehead atoms. The summed E-state index contributed by atoms with van der Waals surface area (Å²) < 4.78 is 1.69. The van der Waals surface area contributed by atoms with Crippen molar-refractivity contribution < 1.29 is 4.79 Å². The van der Waals surface area contributed by atoms with Gasteiger partial charge in [-0.3, -0.25) is 9.78 Å². The number of halogens is 1. The number of rotatable bonds is 5. The summed E-state index contributed by atoms with van der Waals surface area (Å²) in [7, 11) is 0. The van der Waals surface area contributed by atoms with Gasteiger partial charge in [-0.2, -0.15) is 5.10 Å². The molecule has 0 saturated heterocycles. The van der Waals surface area contributed by atoms with Crippen molar-refractivity contribution in [3.05, 3.63) is 108 Å². The van der Waals surface area contributed by atoms with Crippen molar-refractivity contribution in [2.75, 3.05) is 4.90 Å². The maximum Gasteiger partial charge on any atom is 0.261 e. The first-order valence-corrected chi connectivity index (χ1v) is 9.16. The van der Waals surface area contributed by atoms with Gasteiger partial charge in [-0.25, -0.2) is 4.68 Å². The Balaban J connectivity index is 1.67. The third kappa shape index (κ3) is 3.94. The molecule has 6 heteroatoms. The largest absolute Gasteiger partial charge is 0.302 e. The third-order valence-electron chi connectivity index (χ3n) is 4.28. The number of anilines is 1. The Morgan fingerprint density at radius 3 is 2.43 bits per heavy atom. The molecule has 0 aliphatic carbocycles. The van der Waals surface area contributed by atoms with Crippen LogP contribution in [0, 0.1) is 0 Å². The van der Waals surface area contributed by atoms with Crippen LogP contribution in [-0.4, -0.2) is 20.7 Å². The van der Waals surface area contributed by atoms with Gasteiger partial charge in [-0.1, -0.05) is 35.9 Å². The van der Waals surface area contributed by atoms with E-state index in [1.807, 2.05) is 60.7 Å². The zero-order valence-corrected chi connectivity index (χ0v) is 15.7. The monoisotopic (exact) mass is 388 g/mol. The van der Waals surface area contributed by atoms with E-state index in [1.165, 1.54) is 0 Å². The summed E-state index contributed by atoms with van der Waals surface area (Å²) >= 11 is 6.02. The van der Waals surface area contributed by atoms with Crippen LogP contribution in [0.25, 0.3) is 5.69 Å². The smallest absolute Gasteiger partial charge is 0.261 e. The van der Waals surface area contributed by atoms with E-state index < -0.39 is 0 Å². The van der Waals surface area contributed by atoms with E-state index in [2.05, 4.69) is 10.1 Å². The maximum absolute atomic E-state index is 13.3. The van der Waals surface area contributed by atoms with Crippen molar-refractivity contribution in [3.8, 4) is 5.69 Å². The number of carbonyl (C=O) groups is 1. The van der Waals surface area contributed by atoms with Crippen molar-refractivity contribution in [2.45, 2.75) is 6.54 Å². The van der Waals surface area contributed by atoms with Crippen LogP contribution in [0.3, 0.4) is 0 Å². The van der Waals surface area contributed by atoms with Crippen molar-refractivity contribution in [2.24, 2.45) is 0 Å². The summed E-state index contributed by atoms with van der Waals surface area (Å²) in [6.07, 6.45) is 5.03. The lowest BCUT2D eigenvalue weighted by Crippen LogP contribution is -2.30. The SMILES string of the molecule is O=C(c1cnn(-c2ccccc2)c1)N(Cc1ccccn1)c1ccc(Cl)cc1. The second-order valence-electron chi connectivity index (χ2n) is 6.20. The van der Waals surface area contributed by atoms with Gasteiger partial charge in [0.2, 0.25) is 0 Å². The highest BCUT2D eigenvalue weighted by atomic mass is 35.5. The Hall–Kier alpha value is -3.44. The molecule has 0 radical (unpaired) electrons. The van der Waals surface area contributed by atoms with Gasteiger partial charge < -0.3 is 4.90 Å². The molecule has 1 amide bonds. The Bertz CT molecular complexity index is 1060. The lowest BCUT2D eigenvalue weighted by atomic mass is 10.2. The van der Waals surface area contributed by atoms with E-state index in [1.54, 1.807) is 40.3 Å². The number of aromatic nitrogens is 3. The Kier molecular flexibility index (Phi) is 5.17. The Labute approximate surface area is 167 Å². The normalized spacial score (nSPS) is 10.6. The summed E-state index contributed by atoms with van der Waals surface area (Å²) in [4.78, 5) is 19.3. The second-order valence-corrected chi connectivity index (χ2v) is 6.63. The molecule has 2 heterocycles. The zero-order chi connectivity index (χ0) is 19.3. The van der Waals surface area contributed by atoms with Gasteiger partial charge in [0.15, 0.2) is 0 Å².